The Morgan fingerprint density at radius 1 is 1.30 bits per heavy atom. The second-order valence-corrected chi connectivity index (χ2v) is 6.35. The van der Waals surface area contributed by atoms with Crippen molar-refractivity contribution < 1.29 is 13.6 Å². The number of piperidine rings is 1. The van der Waals surface area contributed by atoms with Gasteiger partial charge in [0.2, 0.25) is 5.91 Å². The van der Waals surface area contributed by atoms with Gasteiger partial charge in [0.05, 0.1) is 12.2 Å². The highest BCUT2D eigenvalue weighted by atomic mass is 35.5. The summed E-state index contributed by atoms with van der Waals surface area (Å²) in [6.45, 7) is 0.209. The molecule has 0 aliphatic carbocycles. The summed E-state index contributed by atoms with van der Waals surface area (Å²) in [5, 5.41) is 6.08. The number of rotatable bonds is 4. The van der Waals surface area contributed by atoms with Crippen molar-refractivity contribution in [2.24, 2.45) is 0 Å². The first-order valence-corrected chi connectivity index (χ1v) is 7.72. The van der Waals surface area contributed by atoms with Gasteiger partial charge in [-0.25, -0.2) is 8.78 Å². The summed E-state index contributed by atoms with van der Waals surface area (Å²) >= 11 is 0. The number of likely N-dealkylation sites (N-methyl/N-ethyl adjacent to an activating group) is 1. The largest absolute Gasteiger partial charge is 0.322 e. The topological polar surface area (TPSA) is 44.4 Å². The summed E-state index contributed by atoms with van der Waals surface area (Å²) in [6.07, 6.45) is 4.51. The lowest BCUT2D eigenvalue weighted by atomic mass is 9.98. The Labute approximate surface area is 141 Å². The Morgan fingerprint density at radius 2 is 1.96 bits per heavy atom. The first-order chi connectivity index (χ1) is 10.5. The number of nitrogens with one attached hydrogen (secondary N) is 2. The second-order valence-electron chi connectivity index (χ2n) is 6.35. The molecule has 1 amide bonds. The predicted octanol–water partition coefficient (Wildman–Crippen LogP) is 2.54. The molecular weight excluding hydrogens is 324 g/mol. The molecule has 1 aromatic carbocycles. The number of halogens is 3. The number of carbonyl (C=O) groups excluding carboxylic acids is 1. The fourth-order valence-corrected chi connectivity index (χ4v) is 3.52. The van der Waals surface area contributed by atoms with Crippen LogP contribution in [0, 0.1) is 11.6 Å². The maximum Gasteiger partial charge on any atom is 0.238 e. The SMILES string of the molecule is CN(CC(=O)Nc1ccc(F)cc1F)C1CC2CCC(C1)N2.Cl. The highest BCUT2D eigenvalue weighted by Gasteiger charge is 2.35. The van der Waals surface area contributed by atoms with E-state index in [0.29, 0.717) is 18.1 Å². The molecule has 0 radical (unpaired) electrons. The molecule has 3 rings (SSSR count). The van der Waals surface area contributed by atoms with Crippen LogP contribution in [0.5, 0.6) is 0 Å². The summed E-state index contributed by atoms with van der Waals surface area (Å²) in [4.78, 5) is 14.1. The van der Waals surface area contributed by atoms with Gasteiger partial charge in [0, 0.05) is 24.2 Å². The molecular formula is C16H22ClF2N3O. The van der Waals surface area contributed by atoms with E-state index in [4.69, 9.17) is 0 Å². The van der Waals surface area contributed by atoms with E-state index in [1.807, 2.05) is 11.9 Å². The maximum atomic E-state index is 13.5. The zero-order chi connectivity index (χ0) is 15.7. The zero-order valence-corrected chi connectivity index (χ0v) is 13.8. The van der Waals surface area contributed by atoms with Crippen LogP contribution >= 0.6 is 12.4 Å². The highest BCUT2D eigenvalue weighted by Crippen LogP contribution is 2.29. The molecule has 2 saturated heterocycles. The molecule has 2 bridgehead atoms. The molecule has 2 atom stereocenters. The summed E-state index contributed by atoms with van der Waals surface area (Å²) in [5.41, 5.74) is 0.0187. The van der Waals surface area contributed by atoms with E-state index in [9.17, 15) is 13.6 Å². The third kappa shape index (κ3) is 4.40. The van der Waals surface area contributed by atoms with Gasteiger partial charge in [0.25, 0.3) is 0 Å². The molecule has 2 aliphatic heterocycles. The number of anilines is 1. The minimum atomic E-state index is -0.754. The minimum absolute atomic E-state index is 0. The van der Waals surface area contributed by atoms with E-state index < -0.39 is 11.6 Å². The standard InChI is InChI=1S/C16H21F2N3O.ClH/c1-21(13-7-11-3-4-12(8-13)19-11)9-16(22)20-15-5-2-10(17)6-14(15)18;/h2,5-6,11-13,19H,3-4,7-9H2,1H3,(H,20,22);1H. The highest BCUT2D eigenvalue weighted by molar-refractivity contribution is 5.92. The summed E-state index contributed by atoms with van der Waals surface area (Å²) in [7, 11) is 1.93. The van der Waals surface area contributed by atoms with Crippen molar-refractivity contribution in [3.05, 3.63) is 29.8 Å². The Kier molecular flexibility index (Phi) is 5.95. The van der Waals surface area contributed by atoms with Crippen molar-refractivity contribution in [3.63, 3.8) is 0 Å². The molecule has 2 fully saturated rings. The van der Waals surface area contributed by atoms with Gasteiger partial charge in [-0.2, -0.15) is 0 Å². The van der Waals surface area contributed by atoms with Gasteiger partial charge in [-0.1, -0.05) is 0 Å². The number of amides is 1. The average molecular weight is 346 g/mol. The Balaban J connectivity index is 0.00000192. The third-order valence-corrected chi connectivity index (χ3v) is 4.67. The van der Waals surface area contributed by atoms with E-state index in [1.54, 1.807) is 0 Å². The van der Waals surface area contributed by atoms with E-state index in [0.717, 1.165) is 25.0 Å². The quantitative estimate of drug-likeness (QED) is 0.881. The van der Waals surface area contributed by atoms with Crippen LogP contribution in [0.2, 0.25) is 0 Å². The van der Waals surface area contributed by atoms with E-state index in [1.165, 1.54) is 18.9 Å². The van der Waals surface area contributed by atoms with Crippen molar-refractivity contribution in [3.8, 4) is 0 Å². The molecule has 7 heteroatoms. The number of nitrogens with zero attached hydrogens (tertiary/aromatic N) is 1. The van der Waals surface area contributed by atoms with Gasteiger partial charge in [-0.05, 0) is 44.9 Å². The molecule has 2 N–H and O–H groups in total. The summed E-state index contributed by atoms with van der Waals surface area (Å²) in [6, 6.07) is 4.64. The van der Waals surface area contributed by atoms with Crippen LogP contribution in [0.25, 0.3) is 0 Å². The Bertz CT molecular complexity index is 560. The van der Waals surface area contributed by atoms with Crippen LogP contribution in [0.15, 0.2) is 18.2 Å². The molecule has 2 heterocycles. The number of fused-ring (bicyclic) bond motifs is 2. The summed E-state index contributed by atoms with van der Waals surface area (Å²) in [5.74, 6) is -1.69. The minimum Gasteiger partial charge on any atom is -0.322 e. The lowest BCUT2D eigenvalue weighted by molar-refractivity contribution is -0.117. The van der Waals surface area contributed by atoms with Gasteiger partial charge in [0.15, 0.2) is 0 Å². The number of benzene rings is 1. The first-order valence-electron chi connectivity index (χ1n) is 7.72. The maximum absolute atomic E-state index is 13.5. The smallest absolute Gasteiger partial charge is 0.238 e. The first kappa shape index (κ1) is 18.1. The van der Waals surface area contributed by atoms with Gasteiger partial charge >= 0.3 is 0 Å². The molecule has 2 aliphatic rings. The van der Waals surface area contributed by atoms with Crippen LogP contribution in [-0.2, 0) is 4.79 Å². The van der Waals surface area contributed by atoms with E-state index in [-0.39, 0.29) is 30.5 Å². The van der Waals surface area contributed by atoms with E-state index in [2.05, 4.69) is 10.6 Å². The average Bonchev–Trinajstić information content (AvgIpc) is 2.80. The molecule has 128 valence electrons. The predicted molar refractivity (Wildman–Crippen MR) is 87.8 cm³/mol. The van der Waals surface area contributed by atoms with E-state index >= 15 is 0 Å². The molecule has 2 unspecified atom stereocenters. The van der Waals surface area contributed by atoms with Crippen LogP contribution in [-0.4, -0.2) is 42.5 Å². The molecule has 1 aromatic rings. The van der Waals surface area contributed by atoms with Crippen LogP contribution in [0.3, 0.4) is 0 Å². The summed E-state index contributed by atoms with van der Waals surface area (Å²) < 4.78 is 26.4. The molecule has 23 heavy (non-hydrogen) atoms. The second kappa shape index (κ2) is 7.55. The zero-order valence-electron chi connectivity index (χ0n) is 13.0. The van der Waals surface area contributed by atoms with Crippen LogP contribution in [0.1, 0.15) is 25.7 Å². The Morgan fingerprint density at radius 3 is 2.57 bits per heavy atom. The van der Waals surface area contributed by atoms with Crippen LogP contribution in [0.4, 0.5) is 14.5 Å². The number of carbonyl (C=O) groups is 1. The Hall–Kier alpha value is -1.24. The fraction of sp³-hybridized carbons (Fsp3) is 0.562. The van der Waals surface area contributed by atoms with Gasteiger partial charge in [0.1, 0.15) is 11.6 Å². The molecule has 0 saturated carbocycles. The van der Waals surface area contributed by atoms with Crippen molar-refractivity contribution in [2.75, 3.05) is 18.9 Å². The lowest BCUT2D eigenvalue weighted by Crippen LogP contribution is -2.48. The molecule has 0 spiro atoms. The van der Waals surface area contributed by atoms with Gasteiger partial charge in [-0.3, -0.25) is 9.69 Å². The lowest BCUT2D eigenvalue weighted by Gasteiger charge is -2.35. The van der Waals surface area contributed by atoms with Crippen molar-refractivity contribution >= 4 is 24.0 Å². The van der Waals surface area contributed by atoms with Gasteiger partial charge in [-0.15, -0.1) is 12.4 Å². The molecule has 4 nitrogen and oxygen atoms in total. The normalized spacial score (nSPS) is 26.0. The van der Waals surface area contributed by atoms with Crippen molar-refractivity contribution in [1.29, 1.82) is 0 Å². The van der Waals surface area contributed by atoms with Crippen molar-refractivity contribution in [1.82, 2.24) is 10.2 Å². The van der Waals surface area contributed by atoms with Crippen molar-refractivity contribution in [2.45, 2.75) is 43.8 Å². The number of hydrogen-bond donors (Lipinski definition) is 2. The molecule has 0 aromatic heterocycles. The fourth-order valence-electron chi connectivity index (χ4n) is 3.52. The third-order valence-electron chi connectivity index (χ3n) is 4.67. The van der Waals surface area contributed by atoms with Crippen LogP contribution < -0.4 is 10.6 Å². The number of hydrogen-bond acceptors (Lipinski definition) is 3. The van der Waals surface area contributed by atoms with Gasteiger partial charge < -0.3 is 10.6 Å². The monoisotopic (exact) mass is 345 g/mol.